The van der Waals surface area contributed by atoms with Crippen LogP contribution >= 0.6 is 0 Å². The van der Waals surface area contributed by atoms with Crippen molar-refractivity contribution in [2.24, 2.45) is 0 Å². The SMILES string of the molecule is CC1(C)c2ccccc2-c2ccc(N(c3ccc(-c4ccccc4)cc3)c3ccc4c(c3)C3(c5ccccc5-c5cc(N(c6ccccc6)c6ccccc6)ccc53)c3ccccc3-4)cc21. The second kappa shape index (κ2) is 14.7. The van der Waals surface area contributed by atoms with Crippen molar-refractivity contribution >= 4 is 34.1 Å². The Bertz CT molecular complexity index is 3460. The predicted octanol–water partition coefficient (Wildman–Crippen LogP) is 16.9. The maximum absolute atomic E-state index is 2.51. The standard InChI is InChI=1S/C64H46N2/c1-63(2)57-27-15-12-24-51(57)54-37-34-49(41-61(54)63)66(47-32-30-44(31-33-47)43-18-6-3-7-19-43)50-35-38-55-52-25-13-16-28-58(52)64(62(55)42-50)59-29-17-14-26-53(59)56-40-48(36-39-60(56)64)65(45-20-8-4-9-21-45)46-22-10-5-11-23-46/h3-42H,1-2H3. The Morgan fingerprint density at radius 1 is 0.242 bits per heavy atom. The van der Waals surface area contributed by atoms with Crippen molar-refractivity contribution in [1.29, 1.82) is 0 Å². The minimum Gasteiger partial charge on any atom is -0.310 e. The third kappa shape index (κ3) is 5.55. The molecule has 10 aromatic carbocycles. The fourth-order valence-corrected chi connectivity index (χ4v) is 11.7. The quantitative estimate of drug-likeness (QED) is 0.158. The third-order valence-corrected chi connectivity index (χ3v) is 14.7. The number of anilines is 6. The first-order valence-corrected chi connectivity index (χ1v) is 23.1. The van der Waals surface area contributed by atoms with E-state index in [9.17, 15) is 0 Å². The molecule has 3 aliphatic carbocycles. The van der Waals surface area contributed by atoms with Crippen LogP contribution in [0.5, 0.6) is 0 Å². The van der Waals surface area contributed by atoms with Crippen LogP contribution < -0.4 is 9.80 Å². The summed E-state index contributed by atoms with van der Waals surface area (Å²) >= 11 is 0. The highest BCUT2D eigenvalue weighted by molar-refractivity contribution is 5.98. The Balaban J connectivity index is 1.02. The summed E-state index contributed by atoms with van der Waals surface area (Å²) in [6.07, 6.45) is 0. The van der Waals surface area contributed by atoms with Crippen LogP contribution in [0.2, 0.25) is 0 Å². The van der Waals surface area contributed by atoms with Gasteiger partial charge < -0.3 is 9.80 Å². The molecule has 0 heterocycles. The Kier molecular flexibility index (Phi) is 8.51. The number of benzene rings is 10. The first-order valence-electron chi connectivity index (χ1n) is 23.1. The van der Waals surface area contributed by atoms with Crippen molar-refractivity contribution < 1.29 is 0 Å². The third-order valence-electron chi connectivity index (χ3n) is 14.7. The molecule has 1 spiro atoms. The maximum Gasteiger partial charge on any atom is 0.0726 e. The highest BCUT2D eigenvalue weighted by Crippen LogP contribution is 2.64. The smallest absolute Gasteiger partial charge is 0.0726 e. The van der Waals surface area contributed by atoms with Gasteiger partial charge in [0.2, 0.25) is 0 Å². The van der Waals surface area contributed by atoms with Gasteiger partial charge in [-0.3, -0.25) is 0 Å². The van der Waals surface area contributed by atoms with Crippen LogP contribution in [0.3, 0.4) is 0 Å². The van der Waals surface area contributed by atoms with Crippen molar-refractivity contribution in [2.75, 3.05) is 9.80 Å². The highest BCUT2D eigenvalue weighted by Gasteiger charge is 2.52. The summed E-state index contributed by atoms with van der Waals surface area (Å²) in [5.41, 5.74) is 24.3. The van der Waals surface area contributed by atoms with E-state index in [0.29, 0.717) is 0 Å². The van der Waals surface area contributed by atoms with E-state index in [1.54, 1.807) is 0 Å². The number of hydrogen-bond donors (Lipinski definition) is 0. The van der Waals surface area contributed by atoms with Crippen molar-refractivity contribution in [1.82, 2.24) is 0 Å². The van der Waals surface area contributed by atoms with Gasteiger partial charge in [0, 0.05) is 39.5 Å². The molecule has 10 aromatic rings. The van der Waals surface area contributed by atoms with Gasteiger partial charge in [0.05, 0.1) is 5.41 Å². The van der Waals surface area contributed by atoms with Gasteiger partial charge in [0.25, 0.3) is 0 Å². The highest BCUT2D eigenvalue weighted by atomic mass is 15.1. The van der Waals surface area contributed by atoms with E-state index in [0.717, 1.165) is 34.1 Å². The Morgan fingerprint density at radius 2 is 0.606 bits per heavy atom. The van der Waals surface area contributed by atoms with Crippen molar-refractivity contribution in [3.05, 3.63) is 276 Å². The molecule has 0 saturated carbocycles. The van der Waals surface area contributed by atoms with Crippen LogP contribution in [0.15, 0.2) is 243 Å². The lowest BCUT2D eigenvalue weighted by atomic mass is 9.70. The molecule has 0 fully saturated rings. The topological polar surface area (TPSA) is 6.48 Å². The van der Waals surface area contributed by atoms with E-state index in [1.807, 2.05) is 0 Å². The van der Waals surface area contributed by atoms with Crippen LogP contribution in [0, 0.1) is 0 Å². The molecule has 66 heavy (non-hydrogen) atoms. The van der Waals surface area contributed by atoms with Crippen LogP contribution in [-0.2, 0) is 10.8 Å². The van der Waals surface area contributed by atoms with Gasteiger partial charge in [0.15, 0.2) is 0 Å². The molecule has 0 radical (unpaired) electrons. The van der Waals surface area contributed by atoms with Crippen molar-refractivity contribution in [3.8, 4) is 44.5 Å². The van der Waals surface area contributed by atoms with E-state index in [-0.39, 0.29) is 5.41 Å². The van der Waals surface area contributed by atoms with E-state index >= 15 is 0 Å². The molecule has 0 N–H and O–H groups in total. The lowest BCUT2D eigenvalue weighted by Gasteiger charge is -2.33. The molecule has 1 atom stereocenters. The molecular weight excluding hydrogens is 797 g/mol. The molecule has 2 heteroatoms. The summed E-state index contributed by atoms with van der Waals surface area (Å²) in [6, 6.07) is 90.0. The lowest BCUT2D eigenvalue weighted by Crippen LogP contribution is -2.26. The van der Waals surface area contributed by atoms with Crippen LogP contribution in [0.1, 0.15) is 47.2 Å². The second-order valence-electron chi connectivity index (χ2n) is 18.5. The van der Waals surface area contributed by atoms with E-state index < -0.39 is 5.41 Å². The average molecular weight is 843 g/mol. The summed E-state index contributed by atoms with van der Waals surface area (Å²) in [5, 5.41) is 0. The fourth-order valence-electron chi connectivity index (χ4n) is 11.7. The van der Waals surface area contributed by atoms with Gasteiger partial charge in [0.1, 0.15) is 0 Å². The van der Waals surface area contributed by atoms with Gasteiger partial charge >= 0.3 is 0 Å². The molecule has 312 valence electrons. The van der Waals surface area contributed by atoms with E-state index in [2.05, 4.69) is 266 Å². The largest absolute Gasteiger partial charge is 0.310 e. The van der Waals surface area contributed by atoms with Gasteiger partial charge in [-0.1, -0.05) is 184 Å². The molecule has 2 nitrogen and oxygen atoms in total. The van der Waals surface area contributed by atoms with Gasteiger partial charge in [-0.15, -0.1) is 0 Å². The number of nitrogens with zero attached hydrogens (tertiary/aromatic N) is 2. The summed E-state index contributed by atoms with van der Waals surface area (Å²) in [5.74, 6) is 0. The molecule has 3 aliphatic rings. The molecule has 0 bridgehead atoms. The predicted molar refractivity (Wildman–Crippen MR) is 275 cm³/mol. The van der Waals surface area contributed by atoms with Gasteiger partial charge in [-0.2, -0.15) is 0 Å². The normalized spacial score (nSPS) is 15.3. The fraction of sp³-hybridized carbons (Fsp3) is 0.0625. The molecular formula is C64H46N2. The molecule has 0 saturated heterocycles. The molecule has 1 unspecified atom stereocenters. The van der Waals surface area contributed by atoms with Crippen LogP contribution in [0.25, 0.3) is 44.5 Å². The molecule has 0 aliphatic heterocycles. The van der Waals surface area contributed by atoms with Crippen molar-refractivity contribution in [3.63, 3.8) is 0 Å². The van der Waals surface area contributed by atoms with Crippen LogP contribution in [0.4, 0.5) is 34.1 Å². The minimum atomic E-state index is -0.527. The first-order chi connectivity index (χ1) is 32.5. The summed E-state index contributed by atoms with van der Waals surface area (Å²) in [6.45, 7) is 4.74. The average Bonchev–Trinajstić information content (AvgIpc) is 3.93. The summed E-state index contributed by atoms with van der Waals surface area (Å²) in [7, 11) is 0. The van der Waals surface area contributed by atoms with Gasteiger partial charge in [-0.25, -0.2) is 0 Å². The second-order valence-corrected chi connectivity index (χ2v) is 18.5. The zero-order valence-electron chi connectivity index (χ0n) is 37.0. The summed E-state index contributed by atoms with van der Waals surface area (Å²) in [4.78, 5) is 4.85. The monoisotopic (exact) mass is 842 g/mol. The maximum atomic E-state index is 2.51. The zero-order valence-corrected chi connectivity index (χ0v) is 37.0. The Morgan fingerprint density at radius 3 is 1.21 bits per heavy atom. The zero-order chi connectivity index (χ0) is 44.0. The van der Waals surface area contributed by atoms with Crippen molar-refractivity contribution in [2.45, 2.75) is 24.7 Å². The van der Waals surface area contributed by atoms with E-state index in [1.165, 1.54) is 77.9 Å². The minimum absolute atomic E-state index is 0.138. The Labute approximate surface area is 387 Å². The molecule has 0 amide bonds. The number of rotatable bonds is 7. The summed E-state index contributed by atoms with van der Waals surface area (Å²) < 4.78 is 0. The van der Waals surface area contributed by atoms with E-state index in [4.69, 9.17) is 0 Å². The molecule has 0 aromatic heterocycles. The Hall–Kier alpha value is -8.20. The van der Waals surface area contributed by atoms with Crippen LogP contribution in [-0.4, -0.2) is 0 Å². The van der Waals surface area contributed by atoms with Gasteiger partial charge in [-0.05, 0) is 151 Å². The lowest BCUT2D eigenvalue weighted by molar-refractivity contribution is 0.660. The molecule has 13 rings (SSSR count). The number of para-hydroxylation sites is 2. The first kappa shape index (κ1) is 38.3. The number of hydrogen-bond acceptors (Lipinski definition) is 2. The number of fused-ring (bicyclic) bond motifs is 13.